The van der Waals surface area contributed by atoms with Crippen LogP contribution in [0.5, 0.6) is 5.75 Å². The lowest BCUT2D eigenvalue weighted by molar-refractivity contribution is -0.274. The zero-order valence-electron chi connectivity index (χ0n) is 17.0. The lowest BCUT2D eigenvalue weighted by Gasteiger charge is -2.18. The highest BCUT2D eigenvalue weighted by atomic mass is 19.4. The number of carboxylic acids is 1. The van der Waals surface area contributed by atoms with Crippen LogP contribution in [0.25, 0.3) is 11.1 Å². The van der Waals surface area contributed by atoms with Crippen molar-refractivity contribution in [1.82, 2.24) is 5.32 Å². The minimum Gasteiger partial charge on any atom is -0.479 e. The van der Waals surface area contributed by atoms with E-state index in [0.717, 1.165) is 46.5 Å². The fourth-order valence-electron chi connectivity index (χ4n) is 3.91. The standard InChI is InChI=1S/C24H18F3NO5/c25-24(26,27)33-15-11-9-14(10-12-15)21(22(29)30)28-23(31)32-13-20-18-7-3-1-5-16(18)17-6-2-4-8-19(17)20/h1-12,20-21H,13H2,(H,28,31)(H,29,30)/t21-/m1/s1. The van der Waals surface area contributed by atoms with E-state index >= 15 is 0 Å². The van der Waals surface area contributed by atoms with Gasteiger partial charge in [0.2, 0.25) is 0 Å². The molecule has 1 aliphatic carbocycles. The number of hydrogen-bond donors (Lipinski definition) is 2. The number of alkyl carbamates (subject to hydrolysis) is 1. The van der Waals surface area contributed by atoms with Gasteiger partial charge in [0, 0.05) is 5.92 Å². The van der Waals surface area contributed by atoms with E-state index in [1.54, 1.807) is 0 Å². The molecule has 3 aromatic rings. The summed E-state index contributed by atoms with van der Waals surface area (Å²) >= 11 is 0. The number of rotatable bonds is 6. The van der Waals surface area contributed by atoms with Gasteiger partial charge in [0.25, 0.3) is 0 Å². The van der Waals surface area contributed by atoms with Crippen LogP contribution in [0.2, 0.25) is 0 Å². The van der Waals surface area contributed by atoms with E-state index in [1.807, 2.05) is 48.5 Å². The second kappa shape index (κ2) is 8.85. The van der Waals surface area contributed by atoms with Crippen molar-refractivity contribution in [2.75, 3.05) is 6.61 Å². The number of carboxylic acid groups (broad SMARTS) is 1. The second-order valence-corrected chi connectivity index (χ2v) is 7.36. The van der Waals surface area contributed by atoms with Gasteiger partial charge < -0.3 is 19.9 Å². The third-order valence-corrected chi connectivity index (χ3v) is 5.30. The molecule has 1 aliphatic rings. The Balaban J connectivity index is 1.44. The van der Waals surface area contributed by atoms with E-state index in [4.69, 9.17) is 4.74 Å². The molecule has 0 unspecified atom stereocenters. The quantitative estimate of drug-likeness (QED) is 0.528. The van der Waals surface area contributed by atoms with Gasteiger partial charge in [-0.05, 0) is 39.9 Å². The minimum absolute atomic E-state index is 0.00937. The molecule has 4 rings (SSSR count). The molecule has 0 spiro atoms. The average molecular weight is 457 g/mol. The summed E-state index contributed by atoms with van der Waals surface area (Å²) in [5.74, 6) is -2.10. The van der Waals surface area contributed by atoms with Crippen molar-refractivity contribution in [3.05, 3.63) is 89.5 Å². The van der Waals surface area contributed by atoms with Gasteiger partial charge in [0.1, 0.15) is 12.4 Å². The normalized spacial score (nSPS) is 13.5. The predicted molar refractivity (Wildman–Crippen MR) is 112 cm³/mol. The minimum atomic E-state index is -4.87. The molecule has 0 saturated carbocycles. The van der Waals surface area contributed by atoms with Crippen molar-refractivity contribution in [3.63, 3.8) is 0 Å². The van der Waals surface area contributed by atoms with Gasteiger partial charge in [-0.2, -0.15) is 0 Å². The van der Waals surface area contributed by atoms with Gasteiger partial charge in [-0.1, -0.05) is 60.7 Å². The maximum absolute atomic E-state index is 12.4. The Morgan fingerprint density at radius 3 is 1.97 bits per heavy atom. The molecule has 170 valence electrons. The van der Waals surface area contributed by atoms with Crippen molar-refractivity contribution in [1.29, 1.82) is 0 Å². The number of carbonyl (C=O) groups is 2. The highest BCUT2D eigenvalue weighted by molar-refractivity contribution is 5.82. The molecule has 0 saturated heterocycles. The summed E-state index contributed by atoms with van der Waals surface area (Å²) in [6, 6.07) is 18.2. The van der Waals surface area contributed by atoms with Crippen LogP contribution in [0, 0.1) is 0 Å². The van der Waals surface area contributed by atoms with E-state index in [0.29, 0.717) is 0 Å². The first-order valence-corrected chi connectivity index (χ1v) is 9.93. The SMILES string of the molecule is O=C(N[C@@H](C(=O)O)c1ccc(OC(F)(F)F)cc1)OCC1c2ccccc2-c2ccccc21. The van der Waals surface area contributed by atoms with Crippen LogP contribution in [0.4, 0.5) is 18.0 Å². The Kier molecular flexibility index (Phi) is 5.95. The van der Waals surface area contributed by atoms with Gasteiger partial charge in [-0.15, -0.1) is 13.2 Å². The number of fused-ring (bicyclic) bond motifs is 3. The Morgan fingerprint density at radius 1 is 0.909 bits per heavy atom. The highest BCUT2D eigenvalue weighted by Gasteiger charge is 2.32. The third kappa shape index (κ3) is 4.92. The molecule has 0 aliphatic heterocycles. The van der Waals surface area contributed by atoms with Crippen LogP contribution in [0.15, 0.2) is 72.8 Å². The molecular weight excluding hydrogens is 439 g/mol. The highest BCUT2D eigenvalue weighted by Crippen LogP contribution is 2.44. The summed E-state index contributed by atoms with van der Waals surface area (Å²) < 4.78 is 46.0. The van der Waals surface area contributed by atoms with Gasteiger partial charge in [-0.3, -0.25) is 0 Å². The zero-order chi connectivity index (χ0) is 23.6. The Hall–Kier alpha value is -4.01. The zero-order valence-corrected chi connectivity index (χ0v) is 17.0. The van der Waals surface area contributed by atoms with Crippen LogP contribution < -0.4 is 10.1 Å². The van der Waals surface area contributed by atoms with Gasteiger partial charge >= 0.3 is 18.4 Å². The molecule has 0 radical (unpaired) electrons. The number of carbonyl (C=O) groups excluding carboxylic acids is 1. The van der Waals surface area contributed by atoms with Crippen molar-refractivity contribution in [2.24, 2.45) is 0 Å². The third-order valence-electron chi connectivity index (χ3n) is 5.30. The first-order chi connectivity index (χ1) is 15.7. The predicted octanol–water partition coefficient (Wildman–Crippen LogP) is 5.25. The fraction of sp³-hybridized carbons (Fsp3) is 0.167. The molecule has 33 heavy (non-hydrogen) atoms. The van der Waals surface area contributed by atoms with Crippen LogP contribution in [0.1, 0.15) is 28.7 Å². The number of amides is 1. The van der Waals surface area contributed by atoms with E-state index in [1.165, 1.54) is 0 Å². The molecular formula is C24H18F3NO5. The van der Waals surface area contributed by atoms with Crippen molar-refractivity contribution in [2.45, 2.75) is 18.3 Å². The monoisotopic (exact) mass is 457 g/mol. The van der Waals surface area contributed by atoms with E-state index < -0.39 is 30.2 Å². The summed E-state index contributed by atoms with van der Waals surface area (Å²) in [5.41, 5.74) is 4.16. The van der Waals surface area contributed by atoms with E-state index in [9.17, 15) is 27.9 Å². The summed E-state index contributed by atoms with van der Waals surface area (Å²) in [6.45, 7) is -0.00937. The number of nitrogens with one attached hydrogen (secondary N) is 1. The number of ether oxygens (including phenoxy) is 2. The smallest absolute Gasteiger partial charge is 0.479 e. The Labute approximate surface area is 186 Å². The second-order valence-electron chi connectivity index (χ2n) is 7.36. The molecule has 2 N–H and O–H groups in total. The molecule has 0 aromatic heterocycles. The van der Waals surface area contributed by atoms with Gasteiger partial charge in [0.15, 0.2) is 6.04 Å². The Bertz CT molecular complexity index is 1130. The average Bonchev–Trinajstić information content (AvgIpc) is 3.09. The van der Waals surface area contributed by atoms with Gasteiger partial charge in [0.05, 0.1) is 0 Å². The fourth-order valence-corrected chi connectivity index (χ4v) is 3.91. The molecule has 0 heterocycles. The summed E-state index contributed by atoms with van der Waals surface area (Å²) in [7, 11) is 0. The summed E-state index contributed by atoms with van der Waals surface area (Å²) in [4.78, 5) is 24.1. The number of hydrogen-bond acceptors (Lipinski definition) is 4. The molecule has 1 amide bonds. The Morgan fingerprint density at radius 2 is 1.45 bits per heavy atom. The lowest BCUT2D eigenvalue weighted by Crippen LogP contribution is -2.34. The van der Waals surface area contributed by atoms with Crippen LogP contribution >= 0.6 is 0 Å². The maximum Gasteiger partial charge on any atom is 0.573 e. The lowest BCUT2D eigenvalue weighted by atomic mass is 9.98. The summed E-state index contributed by atoms with van der Waals surface area (Å²) in [6.07, 6.45) is -5.83. The number of alkyl halides is 3. The number of halogens is 3. The van der Waals surface area contributed by atoms with Crippen LogP contribution in [-0.2, 0) is 9.53 Å². The first kappa shape index (κ1) is 22.2. The number of aliphatic carboxylic acids is 1. The van der Waals surface area contributed by atoms with E-state index in [-0.39, 0.29) is 18.1 Å². The van der Waals surface area contributed by atoms with Crippen molar-refractivity contribution >= 4 is 12.1 Å². The molecule has 1 atom stereocenters. The molecule has 3 aromatic carbocycles. The van der Waals surface area contributed by atoms with E-state index in [2.05, 4.69) is 10.1 Å². The largest absolute Gasteiger partial charge is 0.573 e. The van der Waals surface area contributed by atoms with Crippen molar-refractivity contribution in [3.8, 4) is 16.9 Å². The van der Waals surface area contributed by atoms with Crippen molar-refractivity contribution < 1.29 is 37.3 Å². The molecule has 9 heteroatoms. The van der Waals surface area contributed by atoms with Crippen LogP contribution in [0.3, 0.4) is 0 Å². The molecule has 0 bridgehead atoms. The van der Waals surface area contributed by atoms with Crippen LogP contribution in [-0.4, -0.2) is 30.1 Å². The molecule has 6 nitrogen and oxygen atoms in total. The van der Waals surface area contributed by atoms with Gasteiger partial charge in [-0.25, -0.2) is 9.59 Å². The molecule has 0 fully saturated rings. The first-order valence-electron chi connectivity index (χ1n) is 9.93. The summed E-state index contributed by atoms with van der Waals surface area (Å²) in [5, 5.41) is 11.7. The topological polar surface area (TPSA) is 84.9 Å². The maximum atomic E-state index is 12.4. The number of benzene rings is 3.